The zero-order chi connectivity index (χ0) is 30.0. The number of carboxylic acid groups (broad SMARTS) is 1. The van der Waals surface area contributed by atoms with Crippen LogP contribution in [-0.4, -0.2) is 55.0 Å². The Labute approximate surface area is 246 Å². The minimum atomic E-state index is -3.39. The van der Waals surface area contributed by atoms with Crippen molar-refractivity contribution in [2.24, 2.45) is 0 Å². The van der Waals surface area contributed by atoms with Gasteiger partial charge in [-0.25, -0.2) is 13.2 Å². The summed E-state index contributed by atoms with van der Waals surface area (Å²) < 4.78 is 35.6. The highest BCUT2D eigenvalue weighted by atomic mass is 32.2. The maximum atomic E-state index is 13.4. The smallest absolute Gasteiger partial charge is 0.326 e. The monoisotopic (exact) mass is 601 g/mol. The van der Waals surface area contributed by atoms with E-state index in [0.717, 1.165) is 58.8 Å². The minimum Gasteiger partial charge on any atom is -0.480 e. The van der Waals surface area contributed by atoms with E-state index in [4.69, 9.17) is 9.15 Å². The Kier molecular flexibility index (Phi) is 12.1. The molecule has 10 heteroatoms. The molecule has 0 aliphatic rings. The van der Waals surface area contributed by atoms with Gasteiger partial charge in [-0.1, -0.05) is 44.2 Å². The number of benzene rings is 2. The van der Waals surface area contributed by atoms with E-state index in [-0.39, 0.29) is 24.9 Å². The van der Waals surface area contributed by atoms with E-state index >= 15 is 0 Å². The third-order valence-electron chi connectivity index (χ3n) is 6.57. The fraction of sp³-hybridized carbons (Fsp3) is 0.419. The maximum Gasteiger partial charge on any atom is 0.326 e. The lowest BCUT2D eigenvalue weighted by molar-refractivity contribution is -0.139. The molecule has 2 N–H and O–H groups in total. The molecule has 8 nitrogen and oxygen atoms in total. The van der Waals surface area contributed by atoms with Gasteiger partial charge in [0.25, 0.3) is 5.91 Å². The van der Waals surface area contributed by atoms with Crippen LogP contribution >= 0.6 is 11.8 Å². The van der Waals surface area contributed by atoms with E-state index < -0.39 is 27.8 Å². The molecule has 0 spiro atoms. The van der Waals surface area contributed by atoms with Gasteiger partial charge < -0.3 is 19.6 Å². The Morgan fingerprint density at radius 1 is 1.07 bits per heavy atom. The molecule has 0 aliphatic heterocycles. The van der Waals surface area contributed by atoms with Crippen molar-refractivity contribution in [1.29, 1.82) is 0 Å². The van der Waals surface area contributed by atoms with Crippen LogP contribution in [0.3, 0.4) is 0 Å². The van der Waals surface area contributed by atoms with Crippen LogP contribution in [-0.2, 0) is 32.4 Å². The number of carbonyl (C=O) groups excluding carboxylic acids is 1. The average molecular weight is 602 g/mol. The summed E-state index contributed by atoms with van der Waals surface area (Å²) in [6.07, 6.45) is 2.44. The van der Waals surface area contributed by atoms with E-state index in [1.165, 1.54) is 0 Å². The van der Waals surface area contributed by atoms with Gasteiger partial charge in [-0.2, -0.15) is 11.8 Å². The van der Waals surface area contributed by atoms with Crippen molar-refractivity contribution in [2.75, 3.05) is 23.5 Å². The van der Waals surface area contributed by atoms with Crippen LogP contribution in [0.2, 0.25) is 0 Å². The van der Waals surface area contributed by atoms with E-state index in [9.17, 15) is 23.1 Å². The topological polar surface area (TPSA) is 123 Å². The van der Waals surface area contributed by atoms with Crippen molar-refractivity contribution in [2.45, 2.75) is 58.8 Å². The Balaban J connectivity index is 1.89. The van der Waals surface area contributed by atoms with Gasteiger partial charge in [-0.3, -0.25) is 4.79 Å². The largest absolute Gasteiger partial charge is 0.480 e. The van der Waals surface area contributed by atoms with Crippen molar-refractivity contribution < 1.29 is 32.3 Å². The molecule has 0 bridgehead atoms. The number of furan rings is 1. The summed E-state index contributed by atoms with van der Waals surface area (Å²) in [4.78, 5) is 25.1. The first kappa shape index (κ1) is 32.4. The molecule has 0 saturated carbocycles. The molecular formula is C31H39NO7S2. The number of ether oxygens (including phenoxy) is 1. The van der Waals surface area contributed by atoms with Gasteiger partial charge in [0, 0.05) is 24.0 Å². The molecule has 2 unspecified atom stereocenters. The third-order valence-corrected chi connectivity index (χ3v) is 8.49. The molecule has 41 heavy (non-hydrogen) atoms. The lowest BCUT2D eigenvalue weighted by atomic mass is 9.93. The number of aryl methyl sites for hydroxylation is 2. The number of carboxylic acids is 1. The van der Waals surface area contributed by atoms with Gasteiger partial charge in [0.05, 0.1) is 12.4 Å². The fourth-order valence-corrected chi connectivity index (χ4v) is 5.76. The number of hydrogen-bond acceptors (Lipinski definition) is 7. The molecule has 0 fully saturated rings. The van der Waals surface area contributed by atoms with Gasteiger partial charge in [0.2, 0.25) is 0 Å². The summed E-state index contributed by atoms with van der Waals surface area (Å²) >= 11 is 1.77. The summed E-state index contributed by atoms with van der Waals surface area (Å²) in [5.74, 6) is 1.19. The molecule has 2 aromatic carbocycles. The predicted octanol–water partition coefficient (Wildman–Crippen LogP) is 5.84. The Morgan fingerprint density at radius 3 is 2.49 bits per heavy atom. The molecule has 1 amide bonds. The SMILES string of the molecule is CCCc1ccc(C(CSCC)OCc2ccc(C(=O)NC(CCS(C)(=O)=O)C(=O)O)c(-c3ccccc3C)c2)o1. The molecule has 2 atom stereocenters. The zero-order valence-corrected chi connectivity index (χ0v) is 25.6. The summed E-state index contributed by atoms with van der Waals surface area (Å²) in [6.45, 7) is 6.43. The molecule has 0 aliphatic carbocycles. The van der Waals surface area contributed by atoms with Crippen molar-refractivity contribution in [3.63, 3.8) is 0 Å². The number of thioether (sulfide) groups is 1. The van der Waals surface area contributed by atoms with Gasteiger partial charge in [-0.05, 0) is 72.0 Å². The number of amides is 1. The van der Waals surface area contributed by atoms with Crippen molar-refractivity contribution >= 4 is 33.5 Å². The van der Waals surface area contributed by atoms with Crippen LogP contribution in [0.5, 0.6) is 0 Å². The summed E-state index contributed by atoms with van der Waals surface area (Å²) in [5, 5.41) is 12.1. The highest BCUT2D eigenvalue weighted by Gasteiger charge is 2.25. The fourth-order valence-electron chi connectivity index (χ4n) is 4.38. The molecule has 3 aromatic rings. The van der Waals surface area contributed by atoms with Gasteiger partial charge in [0.1, 0.15) is 33.5 Å². The van der Waals surface area contributed by atoms with Crippen LogP contribution < -0.4 is 5.32 Å². The van der Waals surface area contributed by atoms with E-state index in [1.807, 2.05) is 49.4 Å². The molecule has 0 saturated heterocycles. The highest BCUT2D eigenvalue weighted by molar-refractivity contribution is 7.99. The molecule has 222 valence electrons. The Morgan fingerprint density at radius 2 is 1.83 bits per heavy atom. The standard InChI is InChI=1S/C31H39NO7S2/c1-5-9-23-13-15-28(39-23)29(20-40-6-2)38-19-22-12-14-25(26(18-22)24-11-8-7-10-21(24)3)30(33)32-27(31(34)35)16-17-41(4,36)37/h7-8,10-15,18,27,29H,5-6,9,16-17,19-20H2,1-4H3,(H,32,33)(H,34,35). The molecular weight excluding hydrogens is 562 g/mol. The van der Waals surface area contributed by atoms with Gasteiger partial charge in [-0.15, -0.1) is 0 Å². The summed E-state index contributed by atoms with van der Waals surface area (Å²) in [5.41, 5.74) is 3.55. The van der Waals surface area contributed by atoms with Gasteiger partial charge in [0.15, 0.2) is 0 Å². The van der Waals surface area contributed by atoms with Crippen LogP contribution in [0, 0.1) is 6.92 Å². The molecule has 1 aromatic heterocycles. The van der Waals surface area contributed by atoms with Crippen molar-refractivity contribution in [1.82, 2.24) is 5.32 Å². The summed E-state index contributed by atoms with van der Waals surface area (Å²) in [6, 6.07) is 15.6. The number of aliphatic carboxylic acids is 1. The van der Waals surface area contributed by atoms with Crippen LogP contribution in [0.4, 0.5) is 0 Å². The second-order valence-corrected chi connectivity index (χ2v) is 13.6. The predicted molar refractivity (Wildman–Crippen MR) is 163 cm³/mol. The number of hydrogen-bond donors (Lipinski definition) is 2. The molecule has 3 rings (SSSR count). The number of nitrogens with one attached hydrogen (secondary N) is 1. The number of rotatable bonds is 16. The van der Waals surface area contributed by atoms with Crippen LogP contribution in [0.25, 0.3) is 11.1 Å². The highest BCUT2D eigenvalue weighted by Crippen LogP contribution is 2.30. The lowest BCUT2D eigenvalue weighted by Gasteiger charge is -2.19. The lowest BCUT2D eigenvalue weighted by Crippen LogP contribution is -2.42. The maximum absolute atomic E-state index is 13.4. The molecule has 1 heterocycles. The van der Waals surface area contributed by atoms with Gasteiger partial charge >= 0.3 is 5.97 Å². The third kappa shape index (κ3) is 9.76. The quantitative estimate of drug-likeness (QED) is 0.210. The van der Waals surface area contributed by atoms with E-state index in [0.29, 0.717) is 11.1 Å². The molecule has 0 radical (unpaired) electrons. The number of carbonyl (C=O) groups is 2. The Bertz CT molecular complexity index is 1430. The first-order valence-corrected chi connectivity index (χ1v) is 16.9. The van der Waals surface area contributed by atoms with Crippen LogP contribution in [0.15, 0.2) is 59.0 Å². The summed E-state index contributed by atoms with van der Waals surface area (Å²) in [7, 11) is -3.39. The first-order chi connectivity index (χ1) is 19.5. The zero-order valence-electron chi connectivity index (χ0n) is 24.0. The van der Waals surface area contributed by atoms with E-state index in [2.05, 4.69) is 19.2 Å². The Hall–Kier alpha value is -3.08. The second kappa shape index (κ2) is 15.2. The van der Waals surface area contributed by atoms with Crippen molar-refractivity contribution in [3.8, 4) is 11.1 Å². The van der Waals surface area contributed by atoms with Crippen molar-refractivity contribution in [3.05, 3.63) is 82.8 Å². The first-order valence-electron chi connectivity index (χ1n) is 13.7. The van der Waals surface area contributed by atoms with Crippen LogP contribution in [0.1, 0.15) is 65.8 Å². The minimum absolute atomic E-state index is 0.227. The average Bonchev–Trinajstić information content (AvgIpc) is 3.39. The number of sulfone groups is 1. The normalized spacial score (nSPS) is 13.1. The second-order valence-electron chi connectivity index (χ2n) is 9.99. The van der Waals surface area contributed by atoms with E-state index in [1.54, 1.807) is 23.9 Å².